The summed E-state index contributed by atoms with van der Waals surface area (Å²) in [4.78, 5) is 15.7. The second-order valence-corrected chi connectivity index (χ2v) is 9.31. The van der Waals surface area contributed by atoms with Gasteiger partial charge in [-0.25, -0.2) is 0 Å². The van der Waals surface area contributed by atoms with Gasteiger partial charge >= 0.3 is 0 Å². The fourth-order valence-corrected chi connectivity index (χ4v) is 4.91. The van der Waals surface area contributed by atoms with Crippen LogP contribution in [0.15, 0.2) is 24.3 Å². The van der Waals surface area contributed by atoms with E-state index in [2.05, 4.69) is 18.7 Å². The van der Waals surface area contributed by atoms with E-state index in [0.717, 1.165) is 50.4 Å². The van der Waals surface area contributed by atoms with Gasteiger partial charge in [0.2, 0.25) is 0 Å². The molecule has 0 N–H and O–H groups in total. The van der Waals surface area contributed by atoms with Crippen LogP contribution in [0.4, 0.5) is 0 Å². The number of amides is 1. The van der Waals surface area contributed by atoms with E-state index in [1.54, 1.807) is 0 Å². The first-order chi connectivity index (χ1) is 12.9. The highest BCUT2D eigenvalue weighted by Gasteiger charge is 2.46. The predicted octanol–water partition coefficient (Wildman–Crippen LogP) is 5.95. The van der Waals surface area contributed by atoms with Crippen LogP contribution in [-0.2, 0) is 4.79 Å². The fourth-order valence-electron chi connectivity index (χ4n) is 4.79. The van der Waals surface area contributed by atoms with Crippen molar-refractivity contribution in [1.82, 2.24) is 4.90 Å². The van der Waals surface area contributed by atoms with Gasteiger partial charge in [-0.15, -0.1) is 0 Å². The normalized spacial score (nSPS) is 21.9. The number of carbonyl (C=O) groups is 1. The van der Waals surface area contributed by atoms with Crippen molar-refractivity contribution in [3.63, 3.8) is 0 Å². The summed E-state index contributed by atoms with van der Waals surface area (Å²) in [7, 11) is 0. The lowest BCUT2D eigenvalue weighted by Crippen LogP contribution is -2.57. The molecular weight excluding hydrogens is 358 g/mol. The third-order valence-electron chi connectivity index (χ3n) is 6.72. The van der Waals surface area contributed by atoms with Crippen molar-refractivity contribution in [3.8, 4) is 5.75 Å². The van der Waals surface area contributed by atoms with Crippen molar-refractivity contribution in [1.29, 1.82) is 0 Å². The maximum absolute atomic E-state index is 13.6. The Morgan fingerprint density at radius 3 is 2.22 bits per heavy atom. The quantitative estimate of drug-likeness (QED) is 0.620. The molecule has 1 heterocycles. The summed E-state index contributed by atoms with van der Waals surface area (Å²) in [6.45, 7) is 8.31. The molecule has 0 spiro atoms. The van der Waals surface area contributed by atoms with Crippen molar-refractivity contribution in [2.24, 2.45) is 17.8 Å². The van der Waals surface area contributed by atoms with Gasteiger partial charge in [0.1, 0.15) is 5.75 Å². The van der Waals surface area contributed by atoms with Gasteiger partial charge in [0, 0.05) is 24.0 Å². The average Bonchev–Trinajstić information content (AvgIpc) is 2.70. The van der Waals surface area contributed by atoms with Gasteiger partial charge in [-0.1, -0.05) is 44.7 Å². The summed E-state index contributed by atoms with van der Waals surface area (Å²) >= 11 is 6.02. The average molecular weight is 392 g/mol. The monoisotopic (exact) mass is 391 g/mol. The van der Waals surface area contributed by atoms with E-state index in [-0.39, 0.29) is 11.8 Å². The third kappa shape index (κ3) is 4.80. The van der Waals surface area contributed by atoms with Gasteiger partial charge in [-0.3, -0.25) is 4.79 Å². The highest BCUT2D eigenvalue weighted by molar-refractivity contribution is 6.30. The molecule has 1 saturated heterocycles. The lowest BCUT2D eigenvalue weighted by atomic mass is 9.76. The zero-order chi connectivity index (χ0) is 19.4. The van der Waals surface area contributed by atoms with Gasteiger partial charge in [0.05, 0.1) is 0 Å². The minimum absolute atomic E-state index is 0.173. The standard InChI is InChI=1S/C23H34ClNO2/c1-17(2)18-13-15-25(16-14-18)22(26)23(3,19-7-5-4-6-8-19)27-21-11-9-20(24)10-12-21/h9-12,17-19H,4-8,13-16H2,1-3H3. The molecular formula is C23H34ClNO2. The van der Waals surface area contributed by atoms with Crippen molar-refractivity contribution in [2.75, 3.05) is 13.1 Å². The first-order valence-corrected chi connectivity index (χ1v) is 11.0. The zero-order valence-electron chi connectivity index (χ0n) is 17.0. The van der Waals surface area contributed by atoms with Crippen LogP contribution in [0.3, 0.4) is 0 Å². The van der Waals surface area contributed by atoms with Crippen LogP contribution in [0.5, 0.6) is 5.75 Å². The highest BCUT2D eigenvalue weighted by Crippen LogP contribution is 2.38. The molecule has 1 atom stereocenters. The molecule has 0 bridgehead atoms. The Kier molecular flexibility index (Phi) is 6.73. The lowest BCUT2D eigenvalue weighted by Gasteiger charge is -2.43. The molecule has 1 aliphatic heterocycles. The number of hydrogen-bond donors (Lipinski definition) is 0. The van der Waals surface area contributed by atoms with Crippen LogP contribution in [0.2, 0.25) is 5.02 Å². The Labute approximate surface area is 169 Å². The molecule has 150 valence electrons. The molecule has 1 aliphatic carbocycles. The van der Waals surface area contributed by atoms with Crippen LogP contribution in [0.25, 0.3) is 0 Å². The van der Waals surface area contributed by atoms with Gasteiger partial charge < -0.3 is 9.64 Å². The highest BCUT2D eigenvalue weighted by atomic mass is 35.5. The van der Waals surface area contributed by atoms with Crippen molar-refractivity contribution < 1.29 is 9.53 Å². The number of carbonyl (C=O) groups excluding carboxylic acids is 1. The molecule has 3 rings (SSSR count). The van der Waals surface area contributed by atoms with E-state index in [1.807, 2.05) is 31.2 Å². The van der Waals surface area contributed by atoms with E-state index < -0.39 is 5.60 Å². The summed E-state index contributed by atoms with van der Waals surface area (Å²) in [5.74, 6) is 2.60. The number of hydrogen-bond acceptors (Lipinski definition) is 2. The van der Waals surface area contributed by atoms with Gasteiger partial charge in [0.15, 0.2) is 5.60 Å². The summed E-state index contributed by atoms with van der Waals surface area (Å²) in [5, 5.41) is 0.684. The first kappa shape index (κ1) is 20.5. The minimum atomic E-state index is -0.793. The molecule has 1 saturated carbocycles. The SMILES string of the molecule is CC(C)C1CCN(C(=O)C(C)(Oc2ccc(Cl)cc2)C2CCCCC2)CC1. The third-order valence-corrected chi connectivity index (χ3v) is 6.97. The molecule has 0 radical (unpaired) electrons. The summed E-state index contributed by atoms with van der Waals surface area (Å²) < 4.78 is 6.44. The number of benzene rings is 1. The second-order valence-electron chi connectivity index (χ2n) is 8.87. The van der Waals surface area contributed by atoms with E-state index in [0.29, 0.717) is 10.9 Å². The van der Waals surface area contributed by atoms with Crippen LogP contribution in [0.1, 0.15) is 65.7 Å². The number of ether oxygens (including phenoxy) is 1. The largest absolute Gasteiger partial charge is 0.477 e. The van der Waals surface area contributed by atoms with Crippen molar-refractivity contribution >= 4 is 17.5 Å². The molecule has 4 heteroatoms. The predicted molar refractivity (Wildman–Crippen MR) is 111 cm³/mol. The molecule has 1 amide bonds. The maximum atomic E-state index is 13.6. The maximum Gasteiger partial charge on any atom is 0.266 e. The molecule has 2 aliphatic rings. The van der Waals surface area contributed by atoms with Gasteiger partial charge in [-0.05, 0) is 68.7 Å². The number of nitrogens with zero attached hydrogens (tertiary/aromatic N) is 1. The number of halogens is 1. The van der Waals surface area contributed by atoms with E-state index >= 15 is 0 Å². The second kappa shape index (κ2) is 8.86. The van der Waals surface area contributed by atoms with Gasteiger partial charge in [0.25, 0.3) is 5.91 Å². The van der Waals surface area contributed by atoms with E-state index in [9.17, 15) is 4.79 Å². The van der Waals surface area contributed by atoms with Crippen LogP contribution in [-0.4, -0.2) is 29.5 Å². The molecule has 0 aromatic heterocycles. The number of likely N-dealkylation sites (tertiary alicyclic amines) is 1. The molecule has 1 aromatic carbocycles. The molecule has 1 aromatic rings. The Balaban J connectivity index is 1.78. The Morgan fingerprint density at radius 1 is 1.07 bits per heavy atom. The fraction of sp³-hybridized carbons (Fsp3) is 0.696. The minimum Gasteiger partial charge on any atom is -0.477 e. The Morgan fingerprint density at radius 2 is 1.67 bits per heavy atom. The number of piperidine rings is 1. The van der Waals surface area contributed by atoms with Crippen LogP contribution < -0.4 is 4.74 Å². The summed E-state index contributed by atoms with van der Waals surface area (Å²) in [6.07, 6.45) is 7.98. The zero-order valence-corrected chi connectivity index (χ0v) is 17.8. The first-order valence-electron chi connectivity index (χ1n) is 10.6. The summed E-state index contributed by atoms with van der Waals surface area (Å²) in [6, 6.07) is 7.41. The topological polar surface area (TPSA) is 29.5 Å². The molecule has 2 fully saturated rings. The smallest absolute Gasteiger partial charge is 0.266 e. The van der Waals surface area contributed by atoms with Crippen molar-refractivity contribution in [3.05, 3.63) is 29.3 Å². The number of rotatable bonds is 5. The lowest BCUT2D eigenvalue weighted by molar-refractivity contribution is -0.154. The van der Waals surface area contributed by atoms with Crippen LogP contribution in [0, 0.1) is 17.8 Å². The van der Waals surface area contributed by atoms with E-state index in [1.165, 1.54) is 19.3 Å². The van der Waals surface area contributed by atoms with Gasteiger partial charge in [-0.2, -0.15) is 0 Å². The van der Waals surface area contributed by atoms with Crippen molar-refractivity contribution in [2.45, 2.75) is 71.3 Å². The molecule has 3 nitrogen and oxygen atoms in total. The van der Waals surface area contributed by atoms with E-state index in [4.69, 9.17) is 16.3 Å². The molecule has 27 heavy (non-hydrogen) atoms. The molecule has 1 unspecified atom stereocenters. The van der Waals surface area contributed by atoms with Crippen LogP contribution >= 0.6 is 11.6 Å². The summed E-state index contributed by atoms with van der Waals surface area (Å²) in [5.41, 5.74) is -0.793. The Hall–Kier alpha value is -1.22. The Bertz CT molecular complexity index is 616.